The minimum atomic E-state index is -0.677. The second kappa shape index (κ2) is 9.08. The number of hydrogen-bond acceptors (Lipinski definition) is 5. The SMILES string of the molecule is COc1cccc2cc(-c3nc4cc5c(cc4n3C)CCN(CC(N)CF)C5=O)n(Cc3ccco3)c12. The lowest BCUT2D eigenvalue weighted by Crippen LogP contribution is -2.45. The van der Waals surface area contributed by atoms with Gasteiger partial charge in [0.25, 0.3) is 5.91 Å². The summed E-state index contributed by atoms with van der Waals surface area (Å²) in [5.74, 6) is 2.22. The molecule has 9 heteroatoms. The number of halogens is 1. The Balaban J connectivity index is 1.49. The number of carbonyl (C=O) groups is 1. The van der Waals surface area contributed by atoms with Crippen LogP contribution in [0.5, 0.6) is 5.75 Å². The van der Waals surface area contributed by atoms with Crippen LogP contribution in [-0.2, 0) is 20.0 Å². The number of imidazole rings is 1. The highest BCUT2D eigenvalue weighted by Crippen LogP contribution is 2.36. The number of furan rings is 1. The lowest BCUT2D eigenvalue weighted by Gasteiger charge is -2.30. The van der Waals surface area contributed by atoms with Crippen LogP contribution in [0.15, 0.2) is 59.2 Å². The van der Waals surface area contributed by atoms with E-state index in [4.69, 9.17) is 19.9 Å². The Hall–Kier alpha value is -4.11. The molecule has 1 unspecified atom stereocenters. The lowest BCUT2D eigenvalue weighted by molar-refractivity contribution is 0.0725. The number of aromatic nitrogens is 3. The summed E-state index contributed by atoms with van der Waals surface area (Å²) in [6, 6.07) is 15.1. The van der Waals surface area contributed by atoms with Crippen LogP contribution in [0.3, 0.4) is 0 Å². The molecule has 1 aliphatic heterocycles. The maximum atomic E-state index is 13.2. The van der Waals surface area contributed by atoms with Crippen molar-refractivity contribution < 1.29 is 18.3 Å². The average Bonchev–Trinajstić information content (AvgIpc) is 3.63. The maximum Gasteiger partial charge on any atom is 0.254 e. The first kappa shape index (κ1) is 23.3. The third-order valence-electron chi connectivity index (χ3n) is 7.15. The molecular formula is C28H28FN5O3. The van der Waals surface area contributed by atoms with Gasteiger partial charge < -0.3 is 28.9 Å². The molecule has 37 heavy (non-hydrogen) atoms. The lowest BCUT2D eigenvalue weighted by atomic mass is 9.97. The summed E-state index contributed by atoms with van der Waals surface area (Å²) in [5, 5.41) is 1.03. The highest BCUT2D eigenvalue weighted by atomic mass is 19.1. The molecule has 1 atom stereocenters. The van der Waals surface area contributed by atoms with Gasteiger partial charge in [-0.15, -0.1) is 0 Å². The normalized spacial score (nSPS) is 14.5. The average molecular weight is 502 g/mol. The van der Waals surface area contributed by atoms with E-state index in [0.29, 0.717) is 25.1 Å². The van der Waals surface area contributed by atoms with Crippen molar-refractivity contribution in [2.45, 2.75) is 19.0 Å². The van der Waals surface area contributed by atoms with E-state index in [1.165, 1.54) is 0 Å². The van der Waals surface area contributed by atoms with Crippen LogP contribution in [0, 0.1) is 0 Å². The Labute approximate surface area is 213 Å². The summed E-state index contributed by atoms with van der Waals surface area (Å²) in [6.07, 6.45) is 2.35. The molecule has 0 fully saturated rings. The summed E-state index contributed by atoms with van der Waals surface area (Å²) in [5.41, 5.74) is 10.9. The molecule has 1 aliphatic rings. The van der Waals surface area contributed by atoms with E-state index < -0.39 is 12.7 Å². The number of rotatable bonds is 7. The molecule has 1 amide bonds. The van der Waals surface area contributed by atoms with Crippen LogP contribution in [-0.4, -0.2) is 57.8 Å². The Kier molecular flexibility index (Phi) is 5.72. The van der Waals surface area contributed by atoms with E-state index in [1.54, 1.807) is 18.3 Å². The number of benzene rings is 2. The Morgan fingerprint density at radius 3 is 2.84 bits per heavy atom. The first-order chi connectivity index (χ1) is 18.0. The van der Waals surface area contributed by atoms with E-state index in [0.717, 1.165) is 50.5 Å². The van der Waals surface area contributed by atoms with Gasteiger partial charge in [0.15, 0.2) is 5.82 Å². The molecule has 0 spiro atoms. The van der Waals surface area contributed by atoms with Crippen LogP contribution in [0.2, 0.25) is 0 Å². The highest BCUT2D eigenvalue weighted by molar-refractivity contribution is 6.01. The molecule has 3 aromatic heterocycles. The molecule has 2 aromatic carbocycles. The second-order valence-electron chi connectivity index (χ2n) is 9.50. The van der Waals surface area contributed by atoms with Crippen molar-refractivity contribution in [3.05, 3.63) is 71.7 Å². The minimum absolute atomic E-state index is 0.129. The van der Waals surface area contributed by atoms with Crippen molar-refractivity contribution in [3.8, 4) is 17.3 Å². The molecule has 0 bridgehead atoms. The van der Waals surface area contributed by atoms with Crippen LogP contribution >= 0.6 is 0 Å². The molecule has 5 aromatic rings. The van der Waals surface area contributed by atoms with Gasteiger partial charge in [-0.3, -0.25) is 4.79 Å². The number of aryl methyl sites for hydroxylation is 1. The fourth-order valence-corrected chi connectivity index (χ4v) is 5.31. The van der Waals surface area contributed by atoms with Gasteiger partial charge in [-0.1, -0.05) is 12.1 Å². The quantitative estimate of drug-likeness (QED) is 0.362. The second-order valence-corrected chi connectivity index (χ2v) is 9.50. The number of nitrogens with two attached hydrogens (primary N) is 1. The standard InChI is InChI=1S/C28H28FN5O3/c1-32-23-11-17-8-9-33(15-19(30)14-29)28(35)21(17)13-22(23)31-27(32)24-12-18-5-3-7-25(36-2)26(18)34(24)16-20-6-4-10-37-20/h3-7,10-13,19H,8-9,14-16,30H2,1-2H3. The van der Waals surface area contributed by atoms with Crippen molar-refractivity contribution in [2.75, 3.05) is 26.9 Å². The first-order valence-electron chi connectivity index (χ1n) is 12.3. The largest absolute Gasteiger partial charge is 0.495 e. The molecule has 2 N–H and O–H groups in total. The van der Waals surface area contributed by atoms with Crippen LogP contribution < -0.4 is 10.5 Å². The number of alkyl halides is 1. The Bertz CT molecular complexity index is 1620. The summed E-state index contributed by atoms with van der Waals surface area (Å²) >= 11 is 0. The highest BCUT2D eigenvalue weighted by Gasteiger charge is 2.28. The van der Waals surface area contributed by atoms with Gasteiger partial charge in [-0.05, 0) is 48.4 Å². The van der Waals surface area contributed by atoms with Gasteiger partial charge in [0.1, 0.15) is 18.2 Å². The van der Waals surface area contributed by atoms with E-state index in [9.17, 15) is 9.18 Å². The minimum Gasteiger partial charge on any atom is -0.495 e. The third kappa shape index (κ3) is 3.86. The molecule has 0 saturated carbocycles. The van der Waals surface area contributed by atoms with Gasteiger partial charge in [-0.2, -0.15) is 0 Å². The van der Waals surface area contributed by atoms with Gasteiger partial charge >= 0.3 is 0 Å². The number of hydrogen-bond donors (Lipinski definition) is 1. The number of carbonyl (C=O) groups excluding carboxylic acids is 1. The molecule has 4 heterocycles. The van der Waals surface area contributed by atoms with Gasteiger partial charge in [0, 0.05) is 31.1 Å². The zero-order valence-electron chi connectivity index (χ0n) is 20.8. The fraction of sp³-hybridized carbons (Fsp3) is 0.286. The predicted molar refractivity (Wildman–Crippen MR) is 140 cm³/mol. The van der Waals surface area contributed by atoms with Gasteiger partial charge in [0.05, 0.1) is 48.2 Å². The van der Waals surface area contributed by atoms with E-state index >= 15 is 0 Å². The molecule has 190 valence electrons. The fourth-order valence-electron chi connectivity index (χ4n) is 5.31. The number of methoxy groups -OCH3 is 1. The van der Waals surface area contributed by atoms with Crippen LogP contribution in [0.25, 0.3) is 33.5 Å². The van der Waals surface area contributed by atoms with E-state index in [-0.39, 0.29) is 12.5 Å². The summed E-state index contributed by atoms with van der Waals surface area (Å²) < 4.78 is 28.5. The third-order valence-corrected chi connectivity index (χ3v) is 7.15. The molecule has 0 saturated heterocycles. The van der Waals surface area contributed by atoms with E-state index in [1.807, 2.05) is 43.4 Å². The predicted octanol–water partition coefficient (Wildman–Crippen LogP) is 4.14. The maximum absolute atomic E-state index is 13.2. The molecule has 0 radical (unpaired) electrons. The molecule has 0 aliphatic carbocycles. The molecule has 6 rings (SSSR count). The summed E-state index contributed by atoms with van der Waals surface area (Å²) in [4.78, 5) is 19.8. The van der Waals surface area contributed by atoms with Crippen molar-refractivity contribution in [3.63, 3.8) is 0 Å². The van der Waals surface area contributed by atoms with Crippen molar-refractivity contribution in [1.29, 1.82) is 0 Å². The van der Waals surface area contributed by atoms with Crippen molar-refractivity contribution in [2.24, 2.45) is 12.8 Å². The number of para-hydroxylation sites is 1. The van der Waals surface area contributed by atoms with Crippen LogP contribution in [0.4, 0.5) is 4.39 Å². The van der Waals surface area contributed by atoms with Gasteiger partial charge in [0.2, 0.25) is 0 Å². The Morgan fingerprint density at radius 2 is 2.08 bits per heavy atom. The molecule has 8 nitrogen and oxygen atoms in total. The van der Waals surface area contributed by atoms with E-state index in [2.05, 4.69) is 21.3 Å². The number of nitrogens with zero attached hydrogens (tertiary/aromatic N) is 4. The van der Waals surface area contributed by atoms with Crippen molar-refractivity contribution in [1.82, 2.24) is 19.0 Å². The van der Waals surface area contributed by atoms with Crippen LogP contribution in [0.1, 0.15) is 21.7 Å². The topological polar surface area (TPSA) is 91.5 Å². The smallest absolute Gasteiger partial charge is 0.254 e. The van der Waals surface area contributed by atoms with Gasteiger partial charge in [-0.25, -0.2) is 9.37 Å². The monoisotopic (exact) mass is 501 g/mol. The zero-order valence-corrected chi connectivity index (χ0v) is 20.8. The number of fused-ring (bicyclic) bond motifs is 3. The molecular weight excluding hydrogens is 473 g/mol. The summed E-state index contributed by atoms with van der Waals surface area (Å²) in [6.45, 7) is 0.576. The summed E-state index contributed by atoms with van der Waals surface area (Å²) in [7, 11) is 3.65. The zero-order chi connectivity index (χ0) is 25.7. The number of amides is 1. The first-order valence-corrected chi connectivity index (χ1v) is 12.3. The Morgan fingerprint density at radius 1 is 1.22 bits per heavy atom. The number of ether oxygens (including phenoxy) is 1. The van der Waals surface area contributed by atoms with Crippen molar-refractivity contribution >= 4 is 27.8 Å².